The van der Waals surface area contributed by atoms with Gasteiger partial charge in [0.2, 0.25) is 0 Å². The lowest BCUT2D eigenvalue weighted by Gasteiger charge is -2.11. The van der Waals surface area contributed by atoms with Crippen LogP contribution in [0, 0.1) is 3.70 Å². The van der Waals surface area contributed by atoms with Gasteiger partial charge in [0.05, 0.1) is 0 Å². The Morgan fingerprint density at radius 2 is 1.53 bits per heavy atom. The zero-order valence-electron chi connectivity index (χ0n) is 10.3. The van der Waals surface area contributed by atoms with Crippen molar-refractivity contribution in [3.8, 4) is 0 Å². The molecule has 0 aliphatic carbocycles. The zero-order chi connectivity index (χ0) is 13.2. The zero-order valence-corrected chi connectivity index (χ0v) is 12.5. The van der Waals surface area contributed by atoms with Gasteiger partial charge in [-0.15, -0.1) is 0 Å². The second-order valence-corrected chi connectivity index (χ2v) is 5.50. The lowest BCUT2D eigenvalue weighted by Crippen LogP contribution is -2.02. The van der Waals surface area contributed by atoms with Gasteiger partial charge in [-0.3, -0.25) is 0 Å². The van der Waals surface area contributed by atoms with Crippen LogP contribution in [-0.2, 0) is 6.42 Å². The number of nitrogen functional groups attached to an aromatic ring is 1. The summed E-state index contributed by atoms with van der Waals surface area (Å²) in [5.74, 6) is 0.631. The first-order valence-electron chi connectivity index (χ1n) is 6.12. The molecule has 0 amide bonds. The maximum absolute atomic E-state index is 6.12. The van der Waals surface area contributed by atoms with Crippen LogP contribution in [0.25, 0.3) is 10.8 Å². The molecule has 0 aliphatic heterocycles. The van der Waals surface area contributed by atoms with Crippen molar-refractivity contribution in [1.29, 1.82) is 0 Å². The molecule has 2 nitrogen and oxygen atoms in total. The molecule has 0 saturated heterocycles. The summed E-state index contributed by atoms with van der Waals surface area (Å²) >= 11 is 2.24. The van der Waals surface area contributed by atoms with Crippen molar-refractivity contribution in [2.45, 2.75) is 6.42 Å². The molecular weight excluding hydrogens is 347 g/mol. The van der Waals surface area contributed by atoms with E-state index in [1.54, 1.807) is 0 Å². The molecule has 19 heavy (non-hydrogen) atoms. The fourth-order valence-electron chi connectivity index (χ4n) is 2.28. The summed E-state index contributed by atoms with van der Waals surface area (Å²) < 4.78 is 0.961. The van der Waals surface area contributed by atoms with Crippen LogP contribution in [0.1, 0.15) is 11.1 Å². The van der Waals surface area contributed by atoms with Crippen molar-refractivity contribution in [2.75, 3.05) is 5.73 Å². The number of fused-ring (bicyclic) bond motifs is 1. The monoisotopic (exact) mass is 360 g/mol. The standard InChI is InChI=1S/C16H13IN2/c17-15-13-9-5-4-8-12(13)14(16(18)19-15)10-11-6-2-1-3-7-11/h1-9H,10H2,(H2,18,19). The highest BCUT2D eigenvalue weighted by atomic mass is 127. The summed E-state index contributed by atoms with van der Waals surface area (Å²) in [4.78, 5) is 4.46. The van der Waals surface area contributed by atoms with E-state index in [0.717, 1.165) is 15.7 Å². The van der Waals surface area contributed by atoms with Crippen molar-refractivity contribution in [3.05, 3.63) is 69.4 Å². The lowest BCUT2D eigenvalue weighted by atomic mass is 10.00. The predicted octanol–water partition coefficient (Wildman–Crippen LogP) is 4.01. The quantitative estimate of drug-likeness (QED) is 0.554. The Morgan fingerprint density at radius 3 is 2.26 bits per heavy atom. The highest BCUT2D eigenvalue weighted by molar-refractivity contribution is 14.1. The molecule has 1 heterocycles. The SMILES string of the molecule is Nc1nc(I)c2ccccc2c1Cc1ccccc1. The minimum atomic E-state index is 0.631. The number of halogens is 1. The molecule has 0 fully saturated rings. The van der Waals surface area contributed by atoms with E-state index in [1.807, 2.05) is 30.3 Å². The van der Waals surface area contributed by atoms with Crippen LogP contribution in [0.3, 0.4) is 0 Å². The molecule has 0 unspecified atom stereocenters. The Hall–Kier alpha value is -1.62. The van der Waals surface area contributed by atoms with Gasteiger partial charge < -0.3 is 5.73 Å². The van der Waals surface area contributed by atoms with Crippen LogP contribution in [-0.4, -0.2) is 4.98 Å². The summed E-state index contributed by atoms with van der Waals surface area (Å²) in [5, 5.41) is 2.37. The van der Waals surface area contributed by atoms with Crippen LogP contribution in [0.15, 0.2) is 54.6 Å². The van der Waals surface area contributed by atoms with Gasteiger partial charge in [0.1, 0.15) is 9.52 Å². The highest BCUT2D eigenvalue weighted by Crippen LogP contribution is 2.28. The third-order valence-corrected chi connectivity index (χ3v) is 4.05. The molecular formula is C16H13IN2. The third-order valence-electron chi connectivity index (χ3n) is 3.23. The fraction of sp³-hybridized carbons (Fsp3) is 0.0625. The third kappa shape index (κ3) is 2.42. The molecule has 1 aromatic heterocycles. The van der Waals surface area contributed by atoms with Crippen molar-refractivity contribution >= 4 is 39.2 Å². The number of benzene rings is 2. The molecule has 0 bridgehead atoms. The van der Waals surface area contributed by atoms with Crippen LogP contribution < -0.4 is 5.73 Å². The van der Waals surface area contributed by atoms with Gasteiger partial charge in [-0.05, 0) is 33.5 Å². The maximum Gasteiger partial charge on any atom is 0.128 e. The normalized spacial score (nSPS) is 10.8. The first kappa shape index (κ1) is 12.4. The Bertz CT molecular complexity index is 723. The molecule has 2 aromatic carbocycles. The van der Waals surface area contributed by atoms with Crippen molar-refractivity contribution in [1.82, 2.24) is 4.98 Å². The number of nitrogens with two attached hydrogens (primary N) is 1. The smallest absolute Gasteiger partial charge is 0.128 e. The second kappa shape index (κ2) is 5.17. The number of nitrogens with zero attached hydrogens (tertiary/aromatic N) is 1. The first-order valence-corrected chi connectivity index (χ1v) is 7.20. The van der Waals surface area contributed by atoms with Gasteiger partial charge in [-0.1, -0.05) is 54.6 Å². The Kier molecular flexibility index (Phi) is 3.38. The van der Waals surface area contributed by atoms with Crippen molar-refractivity contribution in [2.24, 2.45) is 0 Å². The lowest BCUT2D eigenvalue weighted by molar-refractivity contribution is 1.17. The van der Waals surface area contributed by atoms with Crippen molar-refractivity contribution in [3.63, 3.8) is 0 Å². The Labute approximate surface area is 125 Å². The summed E-state index contributed by atoms with van der Waals surface area (Å²) in [7, 11) is 0. The Balaban J connectivity index is 2.18. The first-order chi connectivity index (χ1) is 9.25. The number of anilines is 1. The molecule has 3 heteroatoms. The number of aromatic nitrogens is 1. The number of hydrogen-bond donors (Lipinski definition) is 1. The maximum atomic E-state index is 6.12. The van der Waals surface area contributed by atoms with Gasteiger partial charge in [-0.25, -0.2) is 4.98 Å². The topological polar surface area (TPSA) is 38.9 Å². The second-order valence-electron chi connectivity index (χ2n) is 4.47. The van der Waals surface area contributed by atoms with E-state index >= 15 is 0 Å². The van der Waals surface area contributed by atoms with Crippen LogP contribution >= 0.6 is 22.6 Å². The van der Waals surface area contributed by atoms with E-state index in [-0.39, 0.29) is 0 Å². The molecule has 3 aromatic rings. The summed E-state index contributed by atoms with van der Waals surface area (Å²) in [6.45, 7) is 0. The van der Waals surface area contributed by atoms with Crippen LogP contribution in [0.5, 0.6) is 0 Å². The molecule has 0 atom stereocenters. The van der Waals surface area contributed by atoms with Gasteiger partial charge >= 0.3 is 0 Å². The van der Waals surface area contributed by atoms with E-state index in [4.69, 9.17) is 5.73 Å². The summed E-state index contributed by atoms with van der Waals surface area (Å²) in [6, 6.07) is 18.7. The van der Waals surface area contributed by atoms with Gasteiger partial charge in [0, 0.05) is 17.4 Å². The number of pyridine rings is 1. The Morgan fingerprint density at radius 1 is 0.895 bits per heavy atom. The average Bonchev–Trinajstić information content (AvgIpc) is 2.45. The van der Waals surface area contributed by atoms with E-state index in [0.29, 0.717) is 5.82 Å². The van der Waals surface area contributed by atoms with Crippen LogP contribution in [0.4, 0.5) is 5.82 Å². The van der Waals surface area contributed by atoms with Gasteiger partial charge in [0.15, 0.2) is 0 Å². The largest absolute Gasteiger partial charge is 0.383 e. The molecule has 94 valence electrons. The fourth-order valence-corrected chi connectivity index (χ4v) is 3.01. The number of rotatable bonds is 2. The molecule has 0 aliphatic rings. The predicted molar refractivity (Wildman–Crippen MR) is 88.1 cm³/mol. The molecule has 0 saturated carbocycles. The van der Waals surface area contributed by atoms with Gasteiger partial charge in [0.25, 0.3) is 0 Å². The molecule has 3 rings (SSSR count). The van der Waals surface area contributed by atoms with E-state index in [2.05, 4.69) is 51.8 Å². The molecule has 0 radical (unpaired) electrons. The number of hydrogen-bond acceptors (Lipinski definition) is 2. The van der Waals surface area contributed by atoms with Crippen molar-refractivity contribution < 1.29 is 0 Å². The summed E-state index contributed by atoms with van der Waals surface area (Å²) in [6.07, 6.45) is 0.817. The van der Waals surface area contributed by atoms with Gasteiger partial charge in [-0.2, -0.15) is 0 Å². The molecule has 0 spiro atoms. The average molecular weight is 360 g/mol. The minimum absolute atomic E-state index is 0.631. The van der Waals surface area contributed by atoms with Crippen LogP contribution in [0.2, 0.25) is 0 Å². The summed E-state index contributed by atoms with van der Waals surface area (Å²) in [5.41, 5.74) is 8.48. The minimum Gasteiger partial charge on any atom is -0.383 e. The van der Waals surface area contributed by atoms with E-state index in [1.165, 1.54) is 16.3 Å². The molecule has 2 N–H and O–H groups in total. The van der Waals surface area contributed by atoms with E-state index in [9.17, 15) is 0 Å². The van der Waals surface area contributed by atoms with E-state index < -0.39 is 0 Å². The highest BCUT2D eigenvalue weighted by Gasteiger charge is 2.10.